The topological polar surface area (TPSA) is 39.1 Å². The molecule has 1 rings (SSSR count). The molecular weight excluding hydrogens is 270 g/mol. The van der Waals surface area contributed by atoms with Crippen molar-refractivity contribution < 1.29 is 4.74 Å². The van der Waals surface area contributed by atoms with Crippen molar-refractivity contribution in [1.29, 1.82) is 0 Å². The number of nitrogens with zero attached hydrogens (tertiary/aromatic N) is 2. The van der Waals surface area contributed by atoms with Crippen molar-refractivity contribution in [2.24, 2.45) is 0 Å². The molecule has 4 nitrogen and oxygen atoms in total. The number of hydrogen-bond donors (Lipinski definition) is 1. The molecule has 2 atom stereocenters. The predicted octanol–water partition coefficient (Wildman–Crippen LogP) is 2.05. The lowest BCUT2D eigenvalue weighted by Crippen LogP contribution is -2.37. The molecule has 0 aliphatic rings. The van der Waals surface area contributed by atoms with Gasteiger partial charge >= 0.3 is 0 Å². The molecule has 0 fully saturated rings. The molecule has 1 N–H and O–H groups in total. The van der Waals surface area contributed by atoms with Crippen LogP contribution in [0.1, 0.15) is 20.3 Å². The minimum Gasteiger partial charge on any atom is -0.385 e. The van der Waals surface area contributed by atoms with E-state index in [0.29, 0.717) is 12.1 Å². The smallest absolute Gasteiger partial charge is 0.0632 e. The Hall–Kier alpha value is -0.390. The van der Waals surface area contributed by atoms with Crippen LogP contribution in [-0.4, -0.2) is 35.6 Å². The van der Waals surface area contributed by atoms with Crippen LogP contribution in [-0.2, 0) is 11.3 Å². The van der Waals surface area contributed by atoms with Crippen LogP contribution < -0.4 is 5.32 Å². The summed E-state index contributed by atoms with van der Waals surface area (Å²) in [7, 11) is 1.73. The largest absolute Gasteiger partial charge is 0.385 e. The molecule has 1 aromatic heterocycles. The van der Waals surface area contributed by atoms with Gasteiger partial charge in [-0.05, 0) is 36.2 Å². The fourth-order valence-corrected chi connectivity index (χ4v) is 1.96. The second-order valence-electron chi connectivity index (χ2n) is 4.13. The molecule has 0 amide bonds. The third-order valence-corrected chi connectivity index (χ3v) is 2.80. The summed E-state index contributed by atoms with van der Waals surface area (Å²) >= 11 is 3.39. The maximum Gasteiger partial charge on any atom is 0.0632 e. The molecule has 1 aromatic rings. The highest BCUT2D eigenvalue weighted by Gasteiger charge is 2.08. The van der Waals surface area contributed by atoms with Gasteiger partial charge in [0.05, 0.1) is 17.2 Å². The van der Waals surface area contributed by atoms with Gasteiger partial charge in [0.25, 0.3) is 0 Å². The molecule has 92 valence electrons. The van der Waals surface area contributed by atoms with E-state index in [9.17, 15) is 0 Å². The van der Waals surface area contributed by atoms with E-state index < -0.39 is 0 Å². The molecule has 0 radical (unpaired) electrons. The second kappa shape index (κ2) is 7.04. The first-order valence-electron chi connectivity index (χ1n) is 5.54. The van der Waals surface area contributed by atoms with Crippen molar-refractivity contribution in [1.82, 2.24) is 15.1 Å². The summed E-state index contributed by atoms with van der Waals surface area (Å²) in [5.41, 5.74) is 0. The van der Waals surface area contributed by atoms with Crippen molar-refractivity contribution in [2.45, 2.75) is 38.9 Å². The minimum absolute atomic E-state index is 0.402. The molecule has 5 heteroatoms. The van der Waals surface area contributed by atoms with Crippen LogP contribution >= 0.6 is 15.9 Å². The SMILES string of the molecule is COCCC(C)NC(C)Cn1cc(Br)cn1. The first kappa shape index (κ1) is 13.7. The first-order chi connectivity index (χ1) is 7.61. The number of aromatic nitrogens is 2. The van der Waals surface area contributed by atoms with Gasteiger partial charge in [-0.2, -0.15) is 5.10 Å². The van der Waals surface area contributed by atoms with E-state index in [-0.39, 0.29) is 0 Å². The summed E-state index contributed by atoms with van der Waals surface area (Å²) in [6, 6.07) is 0.868. The number of methoxy groups -OCH3 is 1. The summed E-state index contributed by atoms with van der Waals surface area (Å²) in [4.78, 5) is 0. The fraction of sp³-hybridized carbons (Fsp3) is 0.727. The zero-order valence-electron chi connectivity index (χ0n) is 10.1. The lowest BCUT2D eigenvalue weighted by Gasteiger charge is -2.19. The Balaban J connectivity index is 2.27. The molecule has 0 spiro atoms. The number of nitrogens with one attached hydrogen (secondary N) is 1. The van der Waals surface area contributed by atoms with Gasteiger partial charge in [0.1, 0.15) is 0 Å². The van der Waals surface area contributed by atoms with Crippen LogP contribution in [0.2, 0.25) is 0 Å². The van der Waals surface area contributed by atoms with Gasteiger partial charge in [0.2, 0.25) is 0 Å². The average molecular weight is 290 g/mol. The molecule has 0 saturated carbocycles. The highest BCUT2D eigenvalue weighted by Crippen LogP contribution is 2.06. The summed E-state index contributed by atoms with van der Waals surface area (Å²) < 4.78 is 8.01. The molecule has 16 heavy (non-hydrogen) atoms. The standard InChI is InChI=1S/C11H20BrN3O/c1-9(4-5-16-3)14-10(2)7-15-8-11(12)6-13-15/h6,8-10,14H,4-5,7H2,1-3H3. The summed E-state index contributed by atoms with van der Waals surface area (Å²) in [6.45, 7) is 6.02. The first-order valence-corrected chi connectivity index (χ1v) is 6.34. The third-order valence-electron chi connectivity index (χ3n) is 2.39. The van der Waals surface area contributed by atoms with Gasteiger partial charge in [-0.15, -0.1) is 0 Å². The Morgan fingerprint density at radius 2 is 2.25 bits per heavy atom. The molecule has 0 aliphatic heterocycles. The van der Waals surface area contributed by atoms with Crippen LogP contribution in [0.3, 0.4) is 0 Å². The van der Waals surface area contributed by atoms with Gasteiger partial charge in [-0.25, -0.2) is 0 Å². The fourth-order valence-electron chi connectivity index (χ4n) is 1.64. The Morgan fingerprint density at radius 1 is 1.50 bits per heavy atom. The van der Waals surface area contributed by atoms with E-state index in [1.807, 2.05) is 10.9 Å². The maximum absolute atomic E-state index is 5.05. The Morgan fingerprint density at radius 3 is 2.81 bits per heavy atom. The number of ether oxygens (including phenoxy) is 1. The van der Waals surface area contributed by atoms with Crippen molar-refractivity contribution in [3.8, 4) is 0 Å². The van der Waals surface area contributed by atoms with Crippen LogP contribution in [0.25, 0.3) is 0 Å². The van der Waals surface area contributed by atoms with Gasteiger partial charge in [0, 0.05) is 32.0 Å². The minimum atomic E-state index is 0.402. The van der Waals surface area contributed by atoms with Crippen molar-refractivity contribution in [3.05, 3.63) is 16.9 Å². The molecule has 0 aliphatic carbocycles. The van der Waals surface area contributed by atoms with E-state index in [1.165, 1.54) is 0 Å². The second-order valence-corrected chi connectivity index (χ2v) is 5.05. The van der Waals surface area contributed by atoms with Gasteiger partial charge in [-0.1, -0.05) is 0 Å². The van der Waals surface area contributed by atoms with Crippen molar-refractivity contribution >= 4 is 15.9 Å². The normalized spacial score (nSPS) is 15.0. The number of rotatable bonds is 7. The molecular formula is C11H20BrN3O. The third kappa shape index (κ3) is 5.09. The Kier molecular flexibility index (Phi) is 6.01. The monoisotopic (exact) mass is 289 g/mol. The van der Waals surface area contributed by atoms with Crippen LogP contribution in [0, 0.1) is 0 Å². The van der Waals surface area contributed by atoms with E-state index >= 15 is 0 Å². The molecule has 0 saturated heterocycles. The maximum atomic E-state index is 5.05. The average Bonchev–Trinajstić information content (AvgIpc) is 2.60. The number of halogens is 1. The zero-order chi connectivity index (χ0) is 12.0. The Labute approximate surface area is 105 Å². The van der Waals surface area contributed by atoms with Crippen LogP contribution in [0.4, 0.5) is 0 Å². The van der Waals surface area contributed by atoms with E-state index in [0.717, 1.165) is 24.0 Å². The van der Waals surface area contributed by atoms with E-state index in [1.54, 1.807) is 13.3 Å². The summed E-state index contributed by atoms with van der Waals surface area (Å²) in [5, 5.41) is 7.75. The molecule has 0 aromatic carbocycles. The number of hydrogen-bond acceptors (Lipinski definition) is 3. The quantitative estimate of drug-likeness (QED) is 0.835. The van der Waals surface area contributed by atoms with Crippen LogP contribution in [0.15, 0.2) is 16.9 Å². The highest BCUT2D eigenvalue weighted by molar-refractivity contribution is 9.10. The van der Waals surface area contributed by atoms with E-state index in [2.05, 4.69) is 40.2 Å². The molecule has 1 heterocycles. The lowest BCUT2D eigenvalue weighted by molar-refractivity contribution is 0.182. The molecule has 2 unspecified atom stereocenters. The predicted molar refractivity (Wildman–Crippen MR) is 68.5 cm³/mol. The Bertz CT molecular complexity index is 303. The van der Waals surface area contributed by atoms with Crippen molar-refractivity contribution in [2.75, 3.05) is 13.7 Å². The highest BCUT2D eigenvalue weighted by atomic mass is 79.9. The van der Waals surface area contributed by atoms with Gasteiger partial charge < -0.3 is 10.1 Å². The summed E-state index contributed by atoms with van der Waals surface area (Å²) in [5.74, 6) is 0. The molecule has 0 bridgehead atoms. The van der Waals surface area contributed by atoms with Gasteiger partial charge in [-0.3, -0.25) is 4.68 Å². The van der Waals surface area contributed by atoms with Crippen molar-refractivity contribution in [3.63, 3.8) is 0 Å². The van der Waals surface area contributed by atoms with Gasteiger partial charge in [0.15, 0.2) is 0 Å². The lowest BCUT2D eigenvalue weighted by atomic mass is 10.2. The van der Waals surface area contributed by atoms with E-state index in [4.69, 9.17) is 4.74 Å². The zero-order valence-corrected chi connectivity index (χ0v) is 11.7. The van der Waals surface area contributed by atoms with Crippen LogP contribution in [0.5, 0.6) is 0 Å². The summed E-state index contributed by atoms with van der Waals surface area (Å²) in [6.07, 6.45) is 4.82.